The van der Waals surface area contributed by atoms with Crippen molar-refractivity contribution < 1.29 is 4.79 Å². The fraction of sp³-hybridized carbons (Fsp3) is 0.286. The molecule has 2 aromatic rings. The van der Waals surface area contributed by atoms with E-state index in [1.54, 1.807) is 21.6 Å². The van der Waals surface area contributed by atoms with Crippen molar-refractivity contribution in [3.63, 3.8) is 0 Å². The lowest BCUT2D eigenvalue weighted by Gasteiger charge is -2.16. The van der Waals surface area contributed by atoms with Gasteiger partial charge in [0.1, 0.15) is 0 Å². The summed E-state index contributed by atoms with van der Waals surface area (Å²) < 4.78 is 1.57. The Kier molecular flexibility index (Phi) is 3.93. The van der Waals surface area contributed by atoms with Crippen LogP contribution in [0.1, 0.15) is 22.0 Å². The third-order valence-corrected chi connectivity index (χ3v) is 2.80. The maximum Gasteiger partial charge on any atom is 0.294 e. The van der Waals surface area contributed by atoms with Crippen LogP contribution in [-0.2, 0) is 0 Å². The number of hydrogen-bond donors (Lipinski definition) is 0. The summed E-state index contributed by atoms with van der Waals surface area (Å²) in [6.07, 6.45) is 3.32. The van der Waals surface area contributed by atoms with Crippen LogP contribution in [0.3, 0.4) is 0 Å². The van der Waals surface area contributed by atoms with Gasteiger partial charge in [-0.1, -0.05) is 12.2 Å². The third kappa shape index (κ3) is 2.59. The van der Waals surface area contributed by atoms with E-state index in [1.807, 2.05) is 19.9 Å². The molecule has 0 aromatic carbocycles. The van der Waals surface area contributed by atoms with Gasteiger partial charge in [0.2, 0.25) is 5.82 Å². The molecule has 20 heavy (non-hydrogen) atoms. The van der Waals surface area contributed by atoms with Crippen molar-refractivity contribution >= 4 is 11.7 Å². The smallest absolute Gasteiger partial charge is 0.294 e. The second-order valence-electron chi connectivity index (χ2n) is 4.47. The molecule has 0 atom stereocenters. The van der Waals surface area contributed by atoms with Gasteiger partial charge >= 0.3 is 0 Å². The summed E-state index contributed by atoms with van der Waals surface area (Å²) in [6.45, 7) is 11.9. The van der Waals surface area contributed by atoms with Crippen molar-refractivity contribution in [2.75, 3.05) is 13.1 Å². The van der Waals surface area contributed by atoms with Crippen LogP contribution < -0.4 is 0 Å². The number of aryl methyl sites for hydroxylation is 2. The van der Waals surface area contributed by atoms with E-state index in [-0.39, 0.29) is 11.7 Å². The predicted molar refractivity (Wildman–Crippen MR) is 76.6 cm³/mol. The maximum absolute atomic E-state index is 12.4. The van der Waals surface area contributed by atoms with E-state index in [0.717, 1.165) is 11.4 Å². The Labute approximate surface area is 117 Å². The monoisotopic (exact) mass is 271 g/mol. The summed E-state index contributed by atoms with van der Waals surface area (Å²) in [5.74, 6) is 0.310. The van der Waals surface area contributed by atoms with E-state index < -0.39 is 0 Å². The first-order valence-electron chi connectivity index (χ1n) is 6.29. The van der Waals surface area contributed by atoms with Crippen molar-refractivity contribution in [3.8, 4) is 0 Å². The van der Waals surface area contributed by atoms with E-state index in [1.165, 1.54) is 0 Å². The quantitative estimate of drug-likeness (QED) is 0.774. The summed E-state index contributed by atoms with van der Waals surface area (Å²) in [4.78, 5) is 22.4. The number of carbonyl (C=O) groups excluding carboxylic acids is 1. The zero-order valence-corrected chi connectivity index (χ0v) is 11.7. The number of hydrogen-bond acceptors (Lipinski definition) is 4. The number of aromatic nitrogens is 4. The van der Waals surface area contributed by atoms with Crippen LogP contribution >= 0.6 is 0 Å². The van der Waals surface area contributed by atoms with Gasteiger partial charge in [-0.05, 0) is 19.9 Å². The fourth-order valence-electron chi connectivity index (χ4n) is 1.95. The largest absolute Gasteiger partial charge is 0.328 e. The molecule has 0 aliphatic rings. The molecule has 104 valence electrons. The van der Waals surface area contributed by atoms with Gasteiger partial charge in [0.15, 0.2) is 0 Å². The minimum Gasteiger partial charge on any atom is -0.328 e. The Morgan fingerprint density at radius 3 is 2.55 bits per heavy atom. The van der Waals surface area contributed by atoms with E-state index in [9.17, 15) is 4.79 Å². The minimum atomic E-state index is -0.257. The van der Waals surface area contributed by atoms with Crippen molar-refractivity contribution in [1.29, 1.82) is 0 Å². The van der Waals surface area contributed by atoms with E-state index >= 15 is 0 Å². The van der Waals surface area contributed by atoms with Crippen molar-refractivity contribution in [2.45, 2.75) is 13.8 Å². The molecule has 0 saturated carbocycles. The maximum atomic E-state index is 12.4. The standard InChI is InChI=1S/C14H17N5O/c1-5-7-18(8-6-2)13(20)12-16-14-15-10(3)9-11(4)19(14)17-12/h5-6,9H,1-2,7-8H2,3-4H3. The number of amides is 1. The van der Waals surface area contributed by atoms with Crippen LogP contribution in [0.5, 0.6) is 0 Å². The minimum absolute atomic E-state index is 0.134. The van der Waals surface area contributed by atoms with Crippen LogP contribution in [0.4, 0.5) is 0 Å². The number of rotatable bonds is 5. The molecule has 0 bridgehead atoms. The lowest BCUT2D eigenvalue weighted by Crippen LogP contribution is -2.32. The molecule has 0 aliphatic carbocycles. The highest BCUT2D eigenvalue weighted by atomic mass is 16.2. The highest BCUT2D eigenvalue weighted by molar-refractivity contribution is 5.91. The van der Waals surface area contributed by atoms with E-state index in [0.29, 0.717) is 18.9 Å². The summed E-state index contributed by atoms with van der Waals surface area (Å²) >= 11 is 0. The predicted octanol–water partition coefficient (Wildman–Crippen LogP) is 1.56. The first-order valence-corrected chi connectivity index (χ1v) is 6.29. The normalized spacial score (nSPS) is 10.5. The molecule has 0 radical (unpaired) electrons. The van der Waals surface area contributed by atoms with Crippen molar-refractivity contribution in [2.24, 2.45) is 0 Å². The topological polar surface area (TPSA) is 63.4 Å². The Balaban J connectivity index is 2.41. The van der Waals surface area contributed by atoms with Gasteiger partial charge in [-0.2, -0.15) is 4.98 Å². The van der Waals surface area contributed by atoms with Gasteiger partial charge in [-0.3, -0.25) is 4.79 Å². The van der Waals surface area contributed by atoms with Crippen LogP contribution in [0, 0.1) is 13.8 Å². The number of nitrogens with zero attached hydrogens (tertiary/aromatic N) is 5. The third-order valence-electron chi connectivity index (χ3n) is 2.80. The fourth-order valence-corrected chi connectivity index (χ4v) is 1.95. The summed E-state index contributed by atoms with van der Waals surface area (Å²) in [5.41, 5.74) is 1.73. The summed E-state index contributed by atoms with van der Waals surface area (Å²) in [6, 6.07) is 1.89. The highest BCUT2D eigenvalue weighted by Gasteiger charge is 2.19. The van der Waals surface area contributed by atoms with Crippen LogP contribution in [0.15, 0.2) is 31.4 Å². The molecule has 0 fully saturated rings. The van der Waals surface area contributed by atoms with Crippen LogP contribution in [-0.4, -0.2) is 43.5 Å². The van der Waals surface area contributed by atoms with Gasteiger partial charge < -0.3 is 4.90 Å². The number of carbonyl (C=O) groups is 1. The zero-order valence-electron chi connectivity index (χ0n) is 11.7. The van der Waals surface area contributed by atoms with Crippen LogP contribution in [0.25, 0.3) is 5.78 Å². The lowest BCUT2D eigenvalue weighted by molar-refractivity contribution is 0.0779. The SMILES string of the molecule is C=CCN(CC=C)C(=O)c1nc2nc(C)cc(C)n2n1. The second-order valence-corrected chi connectivity index (χ2v) is 4.47. The Morgan fingerprint density at radius 1 is 1.30 bits per heavy atom. The Bertz CT molecular complexity index is 663. The molecule has 0 unspecified atom stereocenters. The first kappa shape index (κ1) is 13.9. The molecule has 2 rings (SSSR count). The molecule has 6 heteroatoms. The average molecular weight is 271 g/mol. The molecule has 2 heterocycles. The van der Waals surface area contributed by atoms with E-state index in [4.69, 9.17) is 0 Å². The zero-order chi connectivity index (χ0) is 14.7. The Morgan fingerprint density at radius 2 is 1.95 bits per heavy atom. The Hall–Kier alpha value is -2.50. The molecule has 0 spiro atoms. The van der Waals surface area contributed by atoms with Gasteiger partial charge in [0.05, 0.1) is 0 Å². The van der Waals surface area contributed by atoms with Crippen molar-refractivity contribution in [1.82, 2.24) is 24.5 Å². The molecule has 2 aromatic heterocycles. The second kappa shape index (κ2) is 5.64. The molecule has 1 amide bonds. The molecule has 0 aliphatic heterocycles. The van der Waals surface area contributed by atoms with Gasteiger partial charge in [0.25, 0.3) is 11.7 Å². The summed E-state index contributed by atoms with van der Waals surface area (Å²) in [7, 11) is 0. The van der Waals surface area contributed by atoms with Crippen LogP contribution in [0.2, 0.25) is 0 Å². The van der Waals surface area contributed by atoms with Crippen molar-refractivity contribution in [3.05, 3.63) is 48.6 Å². The number of fused-ring (bicyclic) bond motifs is 1. The van der Waals surface area contributed by atoms with E-state index in [2.05, 4.69) is 28.2 Å². The van der Waals surface area contributed by atoms with Gasteiger partial charge in [-0.15, -0.1) is 18.3 Å². The molecular weight excluding hydrogens is 254 g/mol. The molecular formula is C14H17N5O. The molecule has 6 nitrogen and oxygen atoms in total. The highest BCUT2D eigenvalue weighted by Crippen LogP contribution is 2.07. The first-order chi connectivity index (χ1) is 9.56. The summed E-state index contributed by atoms with van der Waals surface area (Å²) in [5, 5.41) is 4.22. The lowest BCUT2D eigenvalue weighted by atomic mass is 10.4. The molecule has 0 N–H and O–H groups in total. The average Bonchev–Trinajstić information content (AvgIpc) is 2.81. The van der Waals surface area contributed by atoms with Gasteiger partial charge in [-0.25, -0.2) is 9.50 Å². The van der Waals surface area contributed by atoms with Gasteiger partial charge in [0, 0.05) is 24.5 Å². The molecule has 0 saturated heterocycles.